The lowest BCUT2D eigenvalue weighted by Gasteiger charge is -2.26. The summed E-state index contributed by atoms with van der Waals surface area (Å²) in [7, 11) is 1.66. The molecule has 0 radical (unpaired) electrons. The summed E-state index contributed by atoms with van der Waals surface area (Å²) in [6.07, 6.45) is 5.11. The summed E-state index contributed by atoms with van der Waals surface area (Å²) in [4.78, 5) is 35.3. The molecule has 29 heavy (non-hydrogen) atoms. The van der Waals surface area contributed by atoms with E-state index in [2.05, 4.69) is 20.2 Å². The average Bonchev–Trinajstić information content (AvgIpc) is 2.72. The molecule has 0 atom stereocenters. The van der Waals surface area contributed by atoms with Crippen LogP contribution in [0.4, 0.5) is 17.5 Å². The van der Waals surface area contributed by atoms with Crippen molar-refractivity contribution in [3.63, 3.8) is 0 Å². The van der Waals surface area contributed by atoms with Crippen molar-refractivity contribution in [2.45, 2.75) is 26.2 Å². The van der Waals surface area contributed by atoms with E-state index in [1.54, 1.807) is 19.3 Å². The van der Waals surface area contributed by atoms with Gasteiger partial charge in [-0.3, -0.25) is 9.59 Å². The predicted molar refractivity (Wildman–Crippen MR) is 116 cm³/mol. The highest BCUT2D eigenvalue weighted by atomic mass is 35.5. The fourth-order valence-corrected chi connectivity index (χ4v) is 3.78. The number of fused-ring (bicyclic) bond motifs is 1. The third-order valence-electron chi connectivity index (χ3n) is 5.24. The van der Waals surface area contributed by atoms with E-state index < -0.39 is 0 Å². The van der Waals surface area contributed by atoms with Crippen LogP contribution in [0.15, 0.2) is 35.3 Å². The number of carbonyl (C=O) groups is 1. The molecule has 0 spiro atoms. The number of nitrogens with one attached hydrogen (secondary N) is 1. The van der Waals surface area contributed by atoms with E-state index in [1.165, 1.54) is 17.9 Å². The van der Waals surface area contributed by atoms with Crippen LogP contribution in [0.5, 0.6) is 0 Å². The summed E-state index contributed by atoms with van der Waals surface area (Å²) in [6, 6.07) is 7.20. The zero-order valence-corrected chi connectivity index (χ0v) is 17.2. The van der Waals surface area contributed by atoms with Crippen LogP contribution in [-0.4, -0.2) is 33.4 Å². The molecule has 4 rings (SSSR count). The second-order valence-electron chi connectivity index (χ2n) is 7.29. The molecule has 1 aromatic carbocycles. The maximum Gasteiger partial charge on any atom is 0.261 e. The first kappa shape index (κ1) is 19.4. The number of aromatic nitrogens is 3. The minimum Gasteiger partial charge on any atom is -0.341 e. The highest BCUT2D eigenvalue weighted by molar-refractivity contribution is 6.32. The number of Topliss-reactive ketones (excluding diaryl/α,β-unsaturated/α-hetero) is 1. The smallest absolute Gasteiger partial charge is 0.261 e. The molecule has 8 heteroatoms. The zero-order valence-electron chi connectivity index (χ0n) is 16.4. The molecule has 0 amide bonds. The summed E-state index contributed by atoms with van der Waals surface area (Å²) >= 11 is 6.32. The van der Waals surface area contributed by atoms with Gasteiger partial charge < -0.3 is 14.8 Å². The third kappa shape index (κ3) is 3.82. The Morgan fingerprint density at radius 1 is 1.17 bits per heavy atom. The van der Waals surface area contributed by atoms with Gasteiger partial charge in [0, 0.05) is 31.2 Å². The van der Waals surface area contributed by atoms with E-state index in [9.17, 15) is 9.59 Å². The number of pyridine rings is 1. The van der Waals surface area contributed by atoms with E-state index in [4.69, 9.17) is 11.6 Å². The van der Waals surface area contributed by atoms with Crippen molar-refractivity contribution in [3.05, 3.63) is 51.4 Å². The van der Waals surface area contributed by atoms with Crippen molar-refractivity contribution in [1.29, 1.82) is 0 Å². The van der Waals surface area contributed by atoms with E-state index in [1.807, 2.05) is 18.2 Å². The standard InChI is InChI=1S/C21H22ClN5O2/c1-13(28)16-11-14-10-15(6-7-18(14)26(2)20(16)29)24-19-17(22)12-23-21(25-19)27-8-4-3-5-9-27/h6-7,10-12H,3-5,8-9H2,1-2H3,(H,23,24,25). The number of carbonyl (C=O) groups excluding carboxylic acids is 1. The Labute approximate surface area is 173 Å². The van der Waals surface area contributed by atoms with Gasteiger partial charge in [0.2, 0.25) is 5.95 Å². The summed E-state index contributed by atoms with van der Waals surface area (Å²) in [5.41, 5.74) is 1.38. The van der Waals surface area contributed by atoms with Crippen LogP contribution in [0.2, 0.25) is 5.02 Å². The maximum atomic E-state index is 12.3. The molecule has 1 N–H and O–H groups in total. The molecule has 2 aromatic heterocycles. The molecule has 1 aliphatic heterocycles. The van der Waals surface area contributed by atoms with Crippen LogP contribution < -0.4 is 15.8 Å². The van der Waals surface area contributed by atoms with Crippen LogP contribution in [0.3, 0.4) is 0 Å². The fraction of sp³-hybridized carbons (Fsp3) is 0.333. The molecule has 0 saturated carbocycles. The number of nitrogens with zero attached hydrogens (tertiary/aromatic N) is 4. The Bertz CT molecular complexity index is 1150. The minimum absolute atomic E-state index is 0.171. The Kier molecular flexibility index (Phi) is 5.24. The summed E-state index contributed by atoms with van der Waals surface area (Å²) < 4.78 is 1.49. The molecule has 0 unspecified atom stereocenters. The SMILES string of the molecule is CC(=O)c1cc2cc(Nc3nc(N4CCCCC4)ncc3Cl)ccc2n(C)c1=O. The number of aryl methyl sites for hydroxylation is 1. The summed E-state index contributed by atoms with van der Waals surface area (Å²) in [5.74, 6) is 0.938. The first-order chi connectivity index (χ1) is 13.9. The molecular formula is C21H22ClN5O2. The van der Waals surface area contributed by atoms with Gasteiger partial charge in [-0.1, -0.05) is 11.6 Å². The number of benzene rings is 1. The average molecular weight is 412 g/mol. The number of piperidine rings is 1. The van der Waals surface area contributed by atoms with Crippen molar-refractivity contribution in [3.8, 4) is 0 Å². The van der Waals surface area contributed by atoms with E-state index in [-0.39, 0.29) is 16.9 Å². The molecule has 1 saturated heterocycles. The van der Waals surface area contributed by atoms with Gasteiger partial charge in [-0.15, -0.1) is 0 Å². The largest absolute Gasteiger partial charge is 0.341 e. The zero-order chi connectivity index (χ0) is 20.5. The van der Waals surface area contributed by atoms with Crippen molar-refractivity contribution in [2.24, 2.45) is 7.05 Å². The van der Waals surface area contributed by atoms with E-state index in [0.29, 0.717) is 16.8 Å². The lowest BCUT2D eigenvalue weighted by atomic mass is 10.1. The second kappa shape index (κ2) is 7.83. The van der Waals surface area contributed by atoms with Crippen LogP contribution in [-0.2, 0) is 7.05 Å². The van der Waals surface area contributed by atoms with Crippen molar-refractivity contribution in [1.82, 2.24) is 14.5 Å². The Hall–Kier alpha value is -2.93. The topological polar surface area (TPSA) is 80.1 Å². The minimum atomic E-state index is -0.296. The fourth-order valence-electron chi connectivity index (χ4n) is 3.64. The van der Waals surface area contributed by atoms with E-state index >= 15 is 0 Å². The van der Waals surface area contributed by atoms with Crippen molar-refractivity contribution >= 4 is 45.7 Å². The lowest BCUT2D eigenvalue weighted by molar-refractivity contribution is 0.101. The molecule has 150 valence electrons. The molecule has 3 aromatic rings. The molecule has 7 nitrogen and oxygen atoms in total. The Morgan fingerprint density at radius 3 is 2.66 bits per heavy atom. The number of rotatable bonds is 4. The quantitative estimate of drug-likeness (QED) is 0.655. The number of hydrogen-bond donors (Lipinski definition) is 1. The first-order valence-electron chi connectivity index (χ1n) is 9.63. The molecule has 3 heterocycles. The number of halogens is 1. The highest BCUT2D eigenvalue weighted by Crippen LogP contribution is 2.27. The van der Waals surface area contributed by atoms with Crippen LogP contribution in [0.1, 0.15) is 36.5 Å². The van der Waals surface area contributed by atoms with E-state index in [0.717, 1.165) is 42.5 Å². The Balaban J connectivity index is 1.70. The summed E-state index contributed by atoms with van der Waals surface area (Å²) in [5, 5.41) is 4.45. The lowest BCUT2D eigenvalue weighted by Crippen LogP contribution is -2.31. The molecular weight excluding hydrogens is 390 g/mol. The number of hydrogen-bond acceptors (Lipinski definition) is 6. The van der Waals surface area contributed by atoms with Crippen LogP contribution >= 0.6 is 11.6 Å². The Morgan fingerprint density at radius 2 is 1.93 bits per heavy atom. The number of ketones is 1. The van der Waals surface area contributed by atoms with Gasteiger partial charge >= 0.3 is 0 Å². The van der Waals surface area contributed by atoms with Crippen LogP contribution in [0, 0.1) is 0 Å². The highest BCUT2D eigenvalue weighted by Gasteiger charge is 2.16. The first-order valence-corrected chi connectivity index (χ1v) is 10.0. The van der Waals surface area contributed by atoms with Gasteiger partial charge in [0.05, 0.1) is 17.3 Å². The van der Waals surface area contributed by atoms with Gasteiger partial charge in [-0.25, -0.2) is 4.98 Å². The van der Waals surface area contributed by atoms with Gasteiger partial charge in [-0.05, 0) is 50.5 Å². The van der Waals surface area contributed by atoms with Crippen molar-refractivity contribution < 1.29 is 4.79 Å². The summed E-state index contributed by atoms with van der Waals surface area (Å²) in [6.45, 7) is 3.28. The van der Waals surface area contributed by atoms with Crippen LogP contribution in [0.25, 0.3) is 10.9 Å². The molecule has 1 aliphatic rings. The molecule has 1 fully saturated rings. The predicted octanol–water partition coefficient (Wildman–Crippen LogP) is 3.92. The maximum absolute atomic E-state index is 12.3. The number of anilines is 3. The second-order valence-corrected chi connectivity index (χ2v) is 7.70. The van der Waals surface area contributed by atoms with Gasteiger partial charge in [-0.2, -0.15) is 4.98 Å². The normalized spacial score (nSPS) is 14.2. The van der Waals surface area contributed by atoms with Crippen molar-refractivity contribution in [2.75, 3.05) is 23.3 Å². The monoisotopic (exact) mass is 411 g/mol. The van der Waals surface area contributed by atoms with Gasteiger partial charge in [0.1, 0.15) is 5.02 Å². The third-order valence-corrected chi connectivity index (χ3v) is 5.51. The van der Waals surface area contributed by atoms with Gasteiger partial charge in [0.25, 0.3) is 5.56 Å². The van der Waals surface area contributed by atoms with Gasteiger partial charge in [0.15, 0.2) is 11.6 Å². The molecule has 0 aliphatic carbocycles. The molecule has 0 bridgehead atoms.